The Hall–Kier alpha value is -3.40. The molecule has 3 aromatic carbocycles. The molecule has 4 nitrogen and oxygen atoms in total. The Morgan fingerprint density at radius 1 is 0.969 bits per heavy atom. The van der Waals surface area contributed by atoms with Crippen molar-refractivity contribution in [2.45, 2.75) is 40.0 Å². The van der Waals surface area contributed by atoms with Crippen LogP contribution in [0.5, 0.6) is 0 Å². The Morgan fingerprint density at radius 3 is 2.50 bits per heavy atom. The van der Waals surface area contributed by atoms with Crippen molar-refractivity contribution in [2.75, 3.05) is 13.2 Å². The van der Waals surface area contributed by atoms with E-state index in [-0.39, 0.29) is 11.9 Å². The summed E-state index contributed by atoms with van der Waals surface area (Å²) in [6, 6.07) is 18.3. The average molecular weight is 428 g/mol. The fraction of sp³-hybridized carbons (Fsp3) is 0.286. The minimum absolute atomic E-state index is 0.0387. The van der Waals surface area contributed by atoms with Gasteiger partial charge in [0.05, 0.1) is 18.6 Å². The number of hydrogen-bond donors (Lipinski definition) is 1. The predicted molar refractivity (Wildman–Crippen MR) is 127 cm³/mol. The summed E-state index contributed by atoms with van der Waals surface area (Å²) in [5, 5.41) is 3.06. The maximum Gasteiger partial charge on any atom is 0.338 e. The van der Waals surface area contributed by atoms with Crippen molar-refractivity contribution in [3.63, 3.8) is 0 Å². The molecule has 1 aliphatic rings. The van der Waals surface area contributed by atoms with Crippen LogP contribution >= 0.6 is 0 Å². The molecule has 0 saturated heterocycles. The van der Waals surface area contributed by atoms with E-state index in [4.69, 9.17) is 4.74 Å². The second kappa shape index (κ2) is 9.39. The largest absolute Gasteiger partial charge is 0.462 e. The Balaban J connectivity index is 1.37. The molecule has 0 bridgehead atoms. The molecule has 0 radical (unpaired) electrons. The summed E-state index contributed by atoms with van der Waals surface area (Å²) in [6.45, 7) is 6.92. The number of carbonyl (C=O) groups is 2. The molecule has 0 aliphatic heterocycles. The van der Waals surface area contributed by atoms with Crippen molar-refractivity contribution in [3.05, 3.63) is 93.5 Å². The summed E-state index contributed by atoms with van der Waals surface area (Å²) in [4.78, 5) is 24.5. The number of benzene rings is 3. The molecule has 1 amide bonds. The first-order valence-corrected chi connectivity index (χ1v) is 11.2. The fourth-order valence-corrected chi connectivity index (χ4v) is 4.39. The Labute approximate surface area is 189 Å². The van der Waals surface area contributed by atoms with Crippen LogP contribution in [0, 0.1) is 13.8 Å². The smallest absolute Gasteiger partial charge is 0.338 e. The highest BCUT2D eigenvalue weighted by Gasteiger charge is 2.23. The summed E-state index contributed by atoms with van der Waals surface area (Å²) in [7, 11) is 0. The van der Waals surface area contributed by atoms with Gasteiger partial charge in [0.15, 0.2) is 0 Å². The van der Waals surface area contributed by atoms with Gasteiger partial charge in [-0.2, -0.15) is 0 Å². The molecule has 0 unspecified atom stereocenters. The molecule has 164 valence electrons. The van der Waals surface area contributed by atoms with Crippen LogP contribution in [0.3, 0.4) is 0 Å². The van der Waals surface area contributed by atoms with Gasteiger partial charge >= 0.3 is 5.97 Å². The Kier molecular flexibility index (Phi) is 6.40. The number of amides is 1. The lowest BCUT2D eigenvalue weighted by atomic mass is 9.94. The van der Waals surface area contributed by atoms with Crippen LogP contribution in [0.25, 0.3) is 11.1 Å². The number of hydrogen-bond acceptors (Lipinski definition) is 3. The van der Waals surface area contributed by atoms with E-state index < -0.39 is 0 Å². The van der Waals surface area contributed by atoms with E-state index in [1.165, 1.54) is 27.8 Å². The highest BCUT2D eigenvalue weighted by Crippen LogP contribution is 2.39. The lowest BCUT2D eigenvalue weighted by Gasteiger charge is -2.13. The number of aryl methyl sites for hydroxylation is 2. The monoisotopic (exact) mass is 427 g/mol. The standard InChI is InChI=1S/C28H29NO3/c1-4-32-28(31)21-10-7-20(8-11-21)13-14-29-27(30)17-24-19(3)6-12-23-25-15-18(2)5-9-22(25)16-26(23)24/h5-12,15H,4,13-14,16-17H2,1-3H3,(H,29,30). The van der Waals surface area contributed by atoms with E-state index >= 15 is 0 Å². The molecule has 0 fully saturated rings. The number of ether oxygens (including phenoxy) is 1. The molecule has 1 aliphatic carbocycles. The molecule has 3 aromatic rings. The van der Waals surface area contributed by atoms with Crippen LogP contribution in [-0.2, 0) is 28.8 Å². The predicted octanol–water partition coefficient (Wildman–Crippen LogP) is 4.95. The Bertz CT molecular complexity index is 1160. The Morgan fingerprint density at radius 2 is 1.75 bits per heavy atom. The quantitative estimate of drug-likeness (QED) is 0.425. The molecular formula is C28H29NO3. The second-order valence-corrected chi connectivity index (χ2v) is 8.42. The van der Waals surface area contributed by atoms with Gasteiger partial charge in [0.1, 0.15) is 0 Å². The summed E-state index contributed by atoms with van der Waals surface area (Å²) in [5.41, 5.74) is 10.4. The normalized spacial score (nSPS) is 11.6. The summed E-state index contributed by atoms with van der Waals surface area (Å²) in [5.74, 6) is -0.271. The van der Waals surface area contributed by atoms with Gasteiger partial charge in [-0.15, -0.1) is 0 Å². The zero-order valence-electron chi connectivity index (χ0n) is 19.0. The van der Waals surface area contributed by atoms with Crippen LogP contribution in [0.15, 0.2) is 54.6 Å². The molecule has 0 saturated carbocycles. The topological polar surface area (TPSA) is 55.4 Å². The van der Waals surface area contributed by atoms with Crippen molar-refractivity contribution < 1.29 is 14.3 Å². The first-order chi connectivity index (χ1) is 15.5. The first kappa shape index (κ1) is 21.8. The molecule has 0 aromatic heterocycles. The third-order valence-corrected chi connectivity index (χ3v) is 6.13. The molecule has 1 N–H and O–H groups in total. The van der Waals surface area contributed by atoms with Crippen LogP contribution < -0.4 is 5.32 Å². The van der Waals surface area contributed by atoms with E-state index in [1.807, 2.05) is 12.1 Å². The van der Waals surface area contributed by atoms with Gasteiger partial charge in [-0.25, -0.2) is 4.79 Å². The number of rotatable bonds is 7. The van der Waals surface area contributed by atoms with Crippen molar-refractivity contribution in [1.82, 2.24) is 5.32 Å². The van der Waals surface area contributed by atoms with Crippen LogP contribution in [-0.4, -0.2) is 25.0 Å². The van der Waals surface area contributed by atoms with E-state index in [1.54, 1.807) is 19.1 Å². The third-order valence-electron chi connectivity index (χ3n) is 6.13. The van der Waals surface area contributed by atoms with Gasteiger partial charge < -0.3 is 10.1 Å². The zero-order chi connectivity index (χ0) is 22.7. The highest BCUT2D eigenvalue weighted by atomic mass is 16.5. The fourth-order valence-electron chi connectivity index (χ4n) is 4.39. The van der Waals surface area contributed by atoms with Gasteiger partial charge in [0.2, 0.25) is 5.91 Å². The van der Waals surface area contributed by atoms with Crippen LogP contribution in [0.1, 0.15) is 50.7 Å². The minimum atomic E-state index is -0.310. The van der Waals surface area contributed by atoms with Gasteiger partial charge in [-0.3, -0.25) is 4.79 Å². The third kappa shape index (κ3) is 4.59. The van der Waals surface area contributed by atoms with Crippen molar-refractivity contribution in [2.24, 2.45) is 0 Å². The second-order valence-electron chi connectivity index (χ2n) is 8.42. The van der Waals surface area contributed by atoms with E-state index in [0.29, 0.717) is 31.6 Å². The lowest BCUT2D eigenvalue weighted by molar-refractivity contribution is -0.120. The number of nitrogens with one attached hydrogen (secondary N) is 1. The van der Waals surface area contributed by atoms with Gasteiger partial charge in [-0.05, 0) is 84.7 Å². The van der Waals surface area contributed by atoms with Crippen LogP contribution in [0.2, 0.25) is 0 Å². The first-order valence-electron chi connectivity index (χ1n) is 11.2. The maximum atomic E-state index is 12.7. The SMILES string of the molecule is CCOC(=O)c1ccc(CCNC(=O)Cc2c(C)ccc3c2Cc2ccc(C)cc2-3)cc1. The van der Waals surface area contributed by atoms with Crippen molar-refractivity contribution in [3.8, 4) is 11.1 Å². The summed E-state index contributed by atoms with van der Waals surface area (Å²) >= 11 is 0. The number of fused-ring (bicyclic) bond motifs is 3. The maximum absolute atomic E-state index is 12.7. The van der Waals surface area contributed by atoms with Gasteiger partial charge in [0.25, 0.3) is 0 Å². The molecule has 32 heavy (non-hydrogen) atoms. The minimum Gasteiger partial charge on any atom is -0.462 e. The average Bonchev–Trinajstić information content (AvgIpc) is 3.14. The highest BCUT2D eigenvalue weighted by molar-refractivity contribution is 5.89. The summed E-state index contributed by atoms with van der Waals surface area (Å²) < 4.78 is 5.01. The molecule has 0 spiro atoms. The number of carbonyl (C=O) groups excluding carboxylic acids is 2. The number of esters is 1. The van der Waals surface area contributed by atoms with Gasteiger partial charge in [-0.1, -0.05) is 48.0 Å². The summed E-state index contributed by atoms with van der Waals surface area (Å²) in [6.07, 6.45) is 2.00. The van der Waals surface area contributed by atoms with E-state index in [0.717, 1.165) is 23.1 Å². The van der Waals surface area contributed by atoms with E-state index in [2.05, 4.69) is 49.5 Å². The van der Waals surface area contributed by atoms with Crippen LogP contribution in [0.4, 0.5) is 0 Å². The lowest BCUT2D eigenvalue weighted by Crippen LogP contribution is -2.27. The van der Waals surface area contributed by atoms with E-state index in [9.17, 15) is 9.59 Å². The molecular weight excluding hydrogens is 398 g/mol. The van der Waals surface area contributed by atoms with Crippen molar-refractivity contribution >= 4 is 11.9 Å². The molecule has 0 heterocycles. The molecule has 4 rings (SSSR count). The van der Waals surface area contributed by atoms with Crippen molar-refractivity contribution in [1.29, 1.82) is 0 Å². The molecule has 0 atom stereocenters. The zero-order valence-corrected chi connectivity index (χ0v) is 19.0. The molecule has 4 heteroatoms. The van der Waals surface area contributed by atoms with Gasteiger partial charge in [0, 0.05) is 6.54 Å².